The number of aliphatic carboxylic acids is 1. The Labute approximate surface area is 229 Å². The number of benzene rings is 2. The van der Waals surface area contributed by atoms with Crippen LogP contribution in [0.2, 0.25) is 0 Å². The monoisotopic (exact) mass is 580 g/mol. The van der Waals surface area contributed by atoms with Crippen LogP contribution >= 0.6 is 0 Å². The van der Waals surface area contributed by atoms with Crippen molar-refractivity contribution in [3.05, 3.63) is 83.7 Å². The summed E-state index contributed by atoms with van der Waals surface area (Å²) in [5, 5.41) is 9.96. The molecule has 0 bridgehead atoms. The number of pyridine rings is 1. The van der Waals surface area contributed by atoms with Crippen molar-refractivity contribution in [2.24, 2.45) is 0 Å². The van der Waals surface area contributed by atoms with Gasteiger partial charge in [-0.25, -0.2) is 4.79 Å². The minimum atomic E-state index is -5.08. The fourth-order valence-corrected chi connectivity index (χ4v) is 4.45. The van der Waals surface area contributed by atoms with Gasteiger partial charge in [0.25, 0.3) is 5.91 Å². The normalized spacial score (nSPS) is 17.4. The highest BCUT2D eigenvalue weighted by Crippen LogP contribution is 2.34. The van der Waals surface area contributed by atoms with Crippen molar-refractivity contribution in [1.29, 1.82) is 0 Å². The number of amides is 2. The van der Waals surface area contributed by atoms with Gasteiger partial charge in [-0.15, -0.1) is 0 Å². The molecular formula is C27H22F6N4O4. The first kappa shape index (κ1) is 29.5. The standard InChI is InChI=1S/C25H21F3N4O2.C2HF3O2/c26-25(27,28)19-3-1-2-17(12-19)18-4-5-21-20(13-18)24(34)32-11-10-31(15-22(32)23(33)30-21)14-16-6-8-29-9-7-16;3-2(4,5)1(6)7/h1-9,12-13,22H,10-11,14-15H2,(H,30,33);(H,6,7). The highest BCUT2D eigenvalue weighted by Gasteiger charge is 2.40. The molecular weight excluding hydrogens is 558 g/mol. The molecule has 2 aliphatic heterocycles. The fraction of sp³-hybridized carbons (Fsp3) is 0.259. The van der Waals surface area contributed by atoms with Crippen LogP contribution in [0.5, 0.6) is 0 Å². The third kappa shape index (κ3) is 7.01. The number of hydrogen-bond acceptors (Lipinski definition) is 5. The maximum atomic E-state index is 13.4. The van der Waals surface area contributed by atoms with Crippen LogP contribution in [0.15, 0.2) is 67.0 Å². The van der Waals surface area contributed by atoms with E-state index in [1.807, 2.05) is 12.1 Å². The number of carboxylic acids is 1. The van der Waals surface area contributed by atoms with E-state index in [9.17, 15) is 35.9 Å². The SMILES string of the molecule is O=C(O)C(F)(F)F.O=C1Nc2ccc(-c3cccc(C(F)(F)F)c3)cc2C(=O)N2CCN(Cc3ccncc3)CC12. The van der Waals surface area contributed by atoms with Crippen LogP contribution in [-0.2, 0) is 22.3 Å². The lowest BCUT2D eigenvalue weighted by atomic mass is 9.99. The number of alkyl halides is 6. The van der Waals surface area contributed by atoms with Crippen molar-refractivity contribution in [3.8, 4) is 11.1 Å². The summed E-state index contributed by atoms with van der Waals surface area (Å²) in [7, 11) is 0. The Hall–Kier alpha value is -4.46. The van der Waals surface area contributed by atoms with E-state index in [1.54, 1.807) is 41.6 Å². The molecule has 2 aliphatic rings. The maximum absolute atomic E-state index is 13.4. The lowest BCUT2D eigenvalue weighted by Gasteiger charge is -2.39. The summed E-state index contributed by atoms with van der Waals surface area (Å²) in [6, 6.07) is 12.9. The lowest BCUT2D eigenvalue weighted by Crippen LogP contribution is -2.58. The minimum absolute atomic E-state index is 0.272. The van der Waals surface area contributed by atoms with Gasteiger partial charge in [0.05, 0.1) is 16.8 Å². The first-order valence-electron chi connectivity index (χ1n) is 12.1. The Morgan fingerprint density at radius 3 is 2.24 bits per heavy atom. The third-order valence-corrected chi connectivity index (χ3v) is 6.46. The highest BCUT2D eigenvalue weighted by atomic mass is 19.4. The topological polar surface area (TPSA) is 103 Å². The third-order valence-electron chi connectivity index (χ3n) is 6.46. The molecule has 5 rings (SSSR count). The molecule has 2 amide bonds. The molecule has 3 aromatic rings. The number of carbonyl (C=O) groups excluding carboxylic acids is 2. The van der Waals surface area contributed by atoms with Crippen molar-refractivity contribution < 1.29 is 45.8 Å². The van der Waals surface area contributed by atoms with Gasteiger partial charge in [-0.3, -0.25) is 19.5 Å². The molecule has 1 aromatic heterocycles. The van der Waals surface area contributed by atoms with Gasteiger partial charge in [-0.05, 0) is 53.1 Å². The summed E-state index contributed by atoms with van der Waals surface area (Å²) in [5.74, 6) is -3.35. The number of carbonyl (C=O) groups is 3. The average Bonchev–Trinajstić information content (AvgIpc) is 3.02. The molecule has 1 unspecified atom stereocenters. The Morgan fingerprint density at radius 2 is 1.61 bits per heavy atom. The first-order valence-corrected chi connectivity index (χ1v) is 12.1. The van der Waals surface area contributed by atoms with Gasteiger partial charge in [-0.2, -0.15) is 26.3 Å². The van der Waals surface area contributed by atoms with Gasteiger partial charge in [0, 0.05) is 38.6 Å². The van der Waals surface area contributed by atoms with Crippen molar-refractivity contribution in [1.82, 2.24) is 14.8 Å². The zero-order valence-electron chi connectivity index (χ0n) is 21.0. The van der Waals surface area contributed by atoms with Crippen molar-refractivity contribution in [3.63, 3.8) is 0 Å². The minimum Gasteiger partial charge on any atom is -0.475 e. The van der Waals surface area contributed by atoms with E-state index in [4.69, 9.17) is 9.90 Å². The second-order valence-electron chi connectivity index (χ2n) is 9.24. The quantitative estimate of drug-likeness (QED) is 0.437. The number of aromatic nitrogens is 1. The second-order valence-corrected chi connectivity index (χ2v) is 9.24. The maximum Gasteiger partial charge on any atom is 0.490 e. The van der Waals surface area contributed by atoms with Gasteiger partial charge in [0.2, 0.25) is 5.91 Å². The Morgan fingerprint density at radius 1 is 0.951 bits per heavy atom. The predicted octanol–water partition coefficient (Wildman–Crippen LogP) is 4.68. The van der Waals surface area contributed by atoms with Crippen LogP contribution < -0.4 is 5.32 Å². The summed E-state index contributed by atoms with van der Waals surface area (Å²) in [5.41, 5.74) is 1.76. The van der Waals surface area contributed by atoms with Crippen LogP contribution in [-0.4, -0.2) is 69.5 Å². The molecule has 0 aliphatic carbocycles. The van der Waals surface area contributed by atoms with E-state index in [1.165, 1.54) is 6.07 Å². The molecule has 0 spiro atoms. The predicted molar refractivity (Wildman–Crippen MR) is 134 cm³/mol. The van der Waals surface area contributed by atoms with Crippen molar-refractivity contribution >= 4 is 23.5 Å². The molecule has 14 heteroatoms. The number of nitrogens with one attached hydrogen (secondary N) is 1. The van der Waals surface area contributed by atoms with Crippen LogP contribution in [0.3, 0.4) is 0 Å². The number of piperazine rings is 1. The molecule has 1 atom stereocenters. The van der Waals surface area contributed by atoms with Gasteiger partial charge < -0.3 is 15.3 Å². The summed E-state index contributed by atoms with van der Waals surface area (Å²) >= 11 is 0. The summed E-state index contributed by atoms with van der Waals surface area (Å²) in [4.78, 5) is 43.0. The van der Waals surface area contributed by atoms with Crippen LogP contribution in [0.25, 0.3) is 11.1 Å². The van der Waals surface area contributed by atoms with Crippen molar-refractivity contribution in [2.75, 3.05) is 25.0 Å². The number of halogens is 6. The molecule has 0 radical (unpaired) electrons. The van der Waals surface area contributed by atoms with Gasteiger partial charge in [0.15, 0.2) is 0 Å². The van der Waals surface area contributed by atoms with E-state index in [-0.39, 0.29) is 17.4 Å². The molecule has 1 saturated heterocycles. The van der Waals surface area contributed by atoms with Gasteiger partial charge >= 0.3 is 18.3 Å². The zero-order valence-corrected chi connectivity index (χ0v) is 21.0. The summed E-state index contributed by atoms with van der Waals surface area (Å²) in [6.07, 6.45) is -6.12. The van der Waals surface area contributed by atoms with E-state index in [0.717, 1.165) is 17.7 Å². The molecule has 41 heavy (non-hydrogen) atoms. The molecule has 216 valence electrons. The lowest BCUT2D eigenvalue weighted by molar-refractivity contribution is -0.192. The van der Waals surface area contributed by atoms with Crippen molar-refractivity contribution in [2.45, 2.75) is 24.9 Å². The Balaban J connectivity index is 0.000000493. The smallest absolute Gasteiger partial charge is 0.475 e. The fourth-order valence-electron chi connectivity index (χ4n) is 4.45. The summed E-state index contributed by atoms with van der Waals surface area (Å²) in [6.45, 7) is 1.99. The Kier molecular flexibility index (Phi) is 8.33. The number of nitrogens with zero attached hydrogens (tertiary/aromatic N) is 3. The zero-order chi connectivity index (χ0) is 29.9. The van der Waals surface area contributed by atoms with Gasteiger partial charge in [-0.1, -0.05) is 18.2 Å². The molecule has 2 aromatic carbocycles. The molecule has 1 fully saturated rings. The number of hydrogen-bond donors (Lipinski definition) is 2. The first-order chi connectivity index (χ1) is 19.2. The summed E-state index contributed by atoms with van der Waals surface area (Å²) < 4.78 is 71.2. The molecule has 3 heterocycles. The Bertz CT molecular complexity index is 1450. The van der Waals surface area contributed by atoms with Crippen LogP contribution in [0.1, 0.15) is 21.5 Å². The molecule has 8 nitrogen and oxygen atoms in total. The van der Waals surface area contributed by atoms with Crippen LogP contribution in [0, 0.1) is 0 Å². The largest absolute Gasteiger partial charge is 0.490 e. The number of rotatable bonds is 3. The average molecular weight is 580 g/mol. The van der Waals surface area contributed by atoms with E-state index < -0.39 is 29.9 Å². The second kappa shape index (κ2) is 11.6. The highest BCUT2D eigenvalue weighted by molar-refractivity contribution is 6.10. The molecule has 0 saturated carbocycles. The van der Waals surface area contributed by atoms with E-state index in [0.29, 0.717) is 43.0 Å². The molecule has 2 N–H and O–H groups in total. The number of carboxylic acid groups (broad SMARTS) is 1. The van der Waals surface area contributed by atoms with E-state index >= 15 is 0 Å². The number of fused-ring (bicyclic) bond motifs is 2. The van der Waals surface area contributed by atoms with E-state index in [2.05, 4.69) is 15.2 Å². The van der Waals surface area contributed by atoms with Crippen LogP contribution in [0.4, 0.5) is 32.0 Å². The number of anilines is 1. The van der Waals surface area contributed by atoms with Gasteiger partial charge in [0.1, 0.15) is 6.04 Å².